The Morgan fingerprint density at radius 1 is 1.47 bits per heavy atom. The topological polar surface area (TPSA) is 29.3 Å². The summed E-state index contributed by atoms with van der Waals surface area (Å²) < 4.78 is 1.15. The minimum absolute atomic E-state index is 0.715. The Morgan fingerprint density at radius 2 is 2.29 bits per heavy atom. The van der Waals surface area contributed by atoms with E-state index in [1.807, 2.05) is 0 Å². The zero-order valence-corrected chi connectivity index (χ0v) is 12.0. The number of hydrogen-bond acceptors (Lipinski definition) is 2. The monoisotopic (exact) mass is 296 g/mol. The van der Waals surface area contributed by atoms with E-state index in [9.17, 15) is 0 Å². The zero-order valence-electron chi connectivity index (χ0n) is 10.5. The molecule has 0 amide bonds. The second kappa shape index (κ2) is 5.87. The van der Waals surface area contributed by atoms with Gasteiger partial charge in [0.1, 0.15) is 0 Å². The van der Waals surface area contributed by atoms with Crippen molar-refractivity contribution in [3.8, 4) is 0 Å². The SMILES string of the molecule is CC1CCCN(c2ccc(Br)cc2CCN)C1. The van der Waals surface area contributed by atoms with Crippen molar-refractivity contribution in [3.05, 3.63) is 28.2 Å². The lowest BCUT2D eigenvalue weighted by Gasteiger charge is -2.34. The maximum Gasteiger partial charge on any atom is 0.0400 e. The first-order valence-electron chi connectivity index (χ1n) is 6.44. The summed E-state index contributed by atoms with van der Waals surface area (Å²) in [5, 5.41) is 0. The van der Waals surface area contributed by atoms with Crippen molar-refractivity contribution in [3.63, 3.8) is 0 Å². The molecule has 2 nitrogen and oxygen atoms in total. The lowest BCUT2D eigenvalue weighted by Crippen LogP contribution is -2.35. The Hall–Kier alpha value is -0.540. The number of hydrogen-bond donors (Lipinski definition) is 1. The molecule has 17 heavy (non-hydrogen) atoms. The molecule has 1 aromatic rings. The highest BCUT2D eigenvalue weighted by Crippen LogP contribution is 2.28. The highest BCUT2D eigenvalue weighted by atomic mass is 79.9. The maximum atomic E-state index is 5.70. The molecule has 1 heterocycles. The molecule has 94 valence electrons. The lowest BCUT2D eigenvalue weighted by atomic mass is 9.98. The van der Waals surface area contributed by atoms with E-state index in [0.29, 0.717) is 6.54 Å². The molecular formula is C14H21BrN2. The van der Waals surface area contributed by atoms with Crippen LogP contribution in [0, 0.1) is 5.92 Å². The van der Waals surface area contributed by atoms with Gasteiger partial charge in [-0.2, -0.15) is 0 Å². The third-order valence-corrected chi connectivity index (χ3v) is 3.95. The first-order valence-corrected chi connectivity index (χ1v) is 7.23. The molecule has 1 unspecified atom stereocenters. The zero-order chi connectivity index (χ0) is 12.3. The van der Waals surface area contributed by atoms with E-state index < -0.39 is 0 Å². The summed E-state index contributed by atoms with van der Waals surface area (Å²) in [6.07, 6.45) is 3.62. The van der Waals surface area contributed by atoms with Gasteiger partial charge in [0.15, 0.2) is 0 Å². The second-order valence-electron chi connectivity index (χ2n) is 5.01. The van der Waals surface area contributed by atoms with Crippen molar-refractivity contribution in [2.45, 2.75) is 26.2 Å². The van der Waals surface area contributed by atoms with Crippen LogP contribution in [0.25, 0.3) is 0 Å². The van der Waals surface area contributed by atoms with Gasteiger partial charge in [0.2, 0.25) is 0 Å². The van der Waals surface area contributed by atoms with Crippen LogP contribution in [0.5, 0.6) is 0 Å². The summed E-state index contributed by atoms with van der Waals surface area (Å²) in [6, 6.07) is 6.57. The van der Waals surface area contributed by atoms with E-state index in [1.165, 1.54) is 37.2 Å². The highest BCUT2D eigenvalue weighted by molar-refractivity contribution is 9.10. The van der Waals surface area contributed by atoms with Crippen molar-refractivity contribution in [1.29, 1.82) is 0 Å². The molecule has 2 N–H and O–H groups in total. The quantitative estimate of drug-likeness (QED) is 0.928. The third kappa shape index (κ3) is 3.23. The predicted octanol–water partition coefficient (Wildman–Crippen LogP) is 3.19. The summed E-state index contributed by atoms with van der Waals surface area (Å²) in [4.78, 5) is 2.52. The Balaban J connectivity index is 2.23. The van der Waals surface area contributed by atoms with Gasteiger partial charge in [-0.25, -0.2) is 0 Å². The number of anilines is 1. The molecule has 1 aliphatic rings. The number of piperidine rings is 1. The summed E-state index contributed by atoms with van der Waals surface area (Å²) >= 11 is 3.54. The Labute approximate surface area is 112 Å². The van der Waals surface area contributed by atoms with E-state index in [0.717, 1.165) is 16.8 Å². The number of nitrogens with zero attached hydrogens (tertiary/aromatic N) is 1. The minimum atomic E-state index is 0.715. The number of benzene rings is 1. The highest BCUT2D eigenvalue weighted by Gasteiger charge is 2.18. The fourth-order valence-corrected chi connectivity index (χ4v) is 3.04. The van der Waals surface area contributed by atoms with Crippen LogP contribution in [-0.2, 0) is 6.42 Å². The van der Waals surface area contributed by atoms with Crippen LogP contribution in [0.15, 0.2) is 22.7 Å². The number of rotatable bonds is 3. The van der Waals surface area contributed by atoms with E-state index >= 15 is 0 Å². The molecule has 0 spiro atoms. The molecule has 0 aromatic heterocycles. The first kappa shape index (κ1) is 12.9. The van der Waals surface area contributed by atoms with Crippen molar-refractivity contribution in [1.82, 2.24) is 0 Å². The lowest BCUT2D eigenvalue weighted by molar-refractivity contribution is 0.446. The van der Waals surface area contributed by atoms with E-state index in [4.69, 9.17) is 5.73 Å². The van der Waals surface area contributed by atoms with Crippen molar-refractivity contribution < 1.29 is 0 Å². The molecule has 1 aliphatic heterocycles. The molecule has 1 saturated heterocycles. The van der Waals surface area contributed by atoms with Gasteiger partial charge in [0.25, 0.3) is 0 Å². The average molecular weight is 297 g/mol. The second-order valence-corrected chi connectivity index (χ2v) is 5.92. The van der Waals surface area contributed by atoms with Crippen molar-refractivity contribution in [2.75, 3.05) is 24.5 Å². The summed E-state index contributed by atoms with van der Waals surface area (Å²) in [5.41, 5.74) is 8.45. The van der Waals surface area contributed by atoms with Gasteiger partial charge < -0.3 is 10.6 Å². The summed E-state index contributed by atoms with van der Waals surface area (Å²) in [7, 11) is 0. The molecule has 1 aromatic carbocycles. The molecule has 1 atom stereocenters. The van der Waals surface area contributed by atoms with Crippen LogP contribution in [-0.4, -0.2) is 19.6 Å². The maximum absolute atomic E-state index is 5.70. The molecule has 0 bridgehead atoms. The Morgan fingerprint density at radius 3 is 3.00 bits per heavy atom. The fourth-order valence-electron chi connectivity index (χ4n) is 2.63. The number of nitrogens with two attached hydrogens (primary N) is 1. The average Bonchev–Trinajstić information content (AvgIpc) is 2.29. The van der Waals surface area contributed by atoms with Gasteiger partial charge >= 0.3 is 0 Å². The van der Waals surface area contributed by atoms with Gasteiger partial charge in [-0.1, -0.05) is 22.9 Å². The van der Waals surface area contributed by atoms with Crippen LogP contribution in [0.3, 0.4) is 0 Å². The van der Waals surface area contributed by atoms with E-state index in [-0.39, 0.29) is 0 Å². The molecular weight excluding hydrogens is 276 g/mol. The standard InChI is InChI=1S/C14H21BrN2/c1-11-3-2-8-17(10-11)14-5-4-13(15)9-12(14)6-7-16/h4-5,9,11H,2-3,6-8,10,16H2,1H3. The van der Waals surface area contributed by atoms with Gasteiger partial charge in [0.05, 0.1) is 0 Å². The normalized spacial score (nSPS) is 20.6. The molecule has 2 rings (SSSR count). The van der Waals surface area contributed by atoms with Crippen molar-refractivity contribution in [2.24, 2.45) is 11.7 Å². The van der Waals surface area contributed by atoms with Crippen LogP contribution in [0.4, 0.5) is 5.69 Å². The predicted molar refractivity (Wildman–Crippen MR) is 77.5 cm³/mol. The first-order chi connectivity index (χ1) is 8.20. The molecule has 0 radical (unpaired) electrons. The molecule has 3 heteroatoms. The van der Waals surface area contributed by atoms with Crippen LogP contribution < -0.4 is 10.6 Å². The summed E-state index contributed by atoms with van der Waals surface area (Å²) in [5.74, 6) is 0.804. The smallest absolute Gasteiger partial charge is 0.0400 e. The fraction of sp³-hybridized carbons (Fsp3) is 0.571. The van der Waals surface area contributed by atoms with Gasteiger partial charge in [-0.05, 0) is 55.5 Å². The van der Waals surface area contributed by atoms with Gasteiger partial charge in [-0.3, -0.25) is 0 Å². The summed E-state index contributed by atoms with van der Waals surface area (Å²) in [6.45, 7) is 5.42. The van der Waals surface area contributed by atoms with Crippen LogP contribution in [0.1, 0.15) is 25.3 Å². The Kier molecular flexibility index (Phi) is 4.46. The largest absolute Gasteiger partial charge is 0.371 e. The Bertz CT molecular complexity index is 378. The number of halogens is 1. The third-order valence-electron chi connectivity index (χ3n) is 3.45. The van der Waals surface area contributed by atoms with Crippen molar-refractivity contribution >= 4 is 21.6 Å². The van der Waals surface area contributed by atoms with Gasteiger partial charge in [-0.15, -0.1) is 0 Å². The van der Waals surface area contributed by atoms with Crippen LogP contribution in [0.2, 0.25) is 0 Å². The minimum Gasteiger partial charge on any atom is -0.371 e. The molecule has 0 saturated carbocycles. The van der Waals surface area contributed by atoms with E-state index in [2.05, 4.69) is 46.0 Å². The van der Waals surface area contributed by atoms with Crippen LogP contribution >= 0.6 is 15.9 Å². The molecule has 0 aliphatic carbocycles. The van der Waals surface area contributed by atoms with Gasteiger partial charge in [0, 0.05) is 23.2 Å². The molecule has 1 fully saturated rings. The van der Waals surface area contributed by atoms with E-state index in [1.54, 1.807) is 0 Å².